The van der Waals surface area contributed by atoms with Crippen LogP contribution in [0.1, 0.15) is 0 Å². The molecule has 0 heterocycles. The molecule has 0 aliphatic carbocycles. The van der Waals surface area contributed by atoms with Crippen LogP contribution < -0.4 is 4.90 Å². The molecular formula is C36H26BrN. The topological polar surface area (TPSA) is 3.24 Å². The van der Waals surface area contributed by atoms with Crippen LogP contribution in [0.3, 0.4) is 0 Å². The van der Waals surface area contributed by atoms with Crippen LogP contribution in [-0.2, 0) is 0 Å². The Balaban J connectivity index is 1.45. The quantitative estimate of drug-likeness (QED) is 0.199. The zero-order valence-corrected chi connectivity index (χ0v) is 22.4. The van der Waals surface area contributed by atoms with Crippen molar-refractivity contribution in [2.24, 2.45) is 0 Å². The van der Waals surface area contributed by atoms with Crippen molar-refractivity contribution < 1.29 is 0 Å². The summed E-state index contributed by atoms with van der Waals surface area (Å²) in [5.74, 6) is 0. The third kappa shape index (κ3) is 5.18. The summed E-state index contributed by atoms with van der Waals surface area (Å²) in [6.45, 7) is 0. The molecule has 0 aromatic heterocycles. The molecule has 0 radical (unpaired) electrons. The van der Waals surface area contributed by atoms with E-state index in [0.29, 0.717) is 0 Å². The second-order valence-electron chi connectivity index (χ2n) is 9.23. The van der Waals surface area contributed by atoms with E-state index in [-0.39, 0.29) is 0 Å². The lowest BCUT2D eigenvalue weighted by Crippen LogP contribution is -2.10. The van der Waals surface area contributed by atoms with Crippen LogP contribution in [0.5, 0.6) is 0 Å². The fourth-order valence-electron chi connectivity index (χ4n) is 4.81. The molecule has 0 bridgehead atoms. The van der Waals surface area contributed by atoms with Crippen molar-refractivity contribution in [2.75, 3.05) is 4.90 Å². The number of hydrogen-bond acceptors (Lipinski definition) is 1. The molecule has 0 spiro atoms. The molecular weight excluding hydrogens is 526 g/mol. The standard InChI is InChI=1S/C36H26BrN/c37-33-24-32(29-14-8-3-9-15-29)25-36(26-33)38(34-20-16-30(17-21-34)27-10-4-1-5-11-27)35-22-18-31(19-23-35)28-12-6-2-7-13-28/h1-26H. The van der Waals surface area contributed by atoms with Gasteiger partial charge >= 0.3 is 0 Å². The van der Waals surface area contributed by atoms with E-state index in [4.69, 9.17) is 0 Å². The fraction of sp³-hybridized carbons (Fsp3) is 0. The minimum Gasteiger partial charge on any atom is -0.310 e. The molecule has 0 atom stereocenters. The highest BCUT2D eigenvalue weighted by atomic mass is 79.9. The molecule has 6 aromatic rings. The molecule has 0 fully saturated rings. The summed E-state index contributed by atoms with van der Waals surface area (Å²) < 4.78 is 1.04. The highest BCUT2D eigenvalue weighted by Gasteiger charge is 2.15. The normalized spacial score (nSPS) is 10.8. The van der Waals surface area contributed by atoms with Gasteiger partial charge in [0, 0.05) is 21.5 Å². The van der Waals surface area contributed by atoms with Gasteiger partial charge in [-0.2, -0.15) is 0 Å². The van der Waals surface area contributed by atoms with Gasteiger partial charge in [-0.25, -0.2) is 0 Å². The van der Waals surface area contributed by atoms with E-state index >= 15 is 0 Å². The Morgan fingerprint density at radius 1 is 0.316 bits per heavy atom. The summed E-state index contributed by atoms with van der Waals surface area (Å²) in [5, 5.41) is 0. The van der Waals surface area contributed by atoms with Gasteiger partial charge in [-0.1, -0.05) is 131 Å². The third-order valence-corrected chi connectivity index (χ3v) is 7.17. The molecule has 0 amide bonds. The predicted octanol–water partition coefficient (Wildman–Crippen LogP) is 10.9. The Hall–Kier alpha value is -4.40. The van der Waals surface area contributed by atoms with Gasteiger partial charge in [0.15, 0.2) is 0 Å². The van der Waals surface area contributed by atoms with Crippen molar-refractivity contribution in [1.82, 2.24) is 0 Å². The second-order valence-corrected chi connectivity index (χ2v) is 10.1. The average molecular weight is 553 g/mol. The zero-order valence-electron chi connectivity index (χ0n) is 20.8. The lowest BCUT2D eigenvalue weighted by atomic mass is 10.0. The zero-order chi connectivity index (χ0) is 25.7. The number of nitrogens with zero attached hydrogens (tertiary/aromatic N) is 1. The van der Waals surface area contributed by atoms with E-state index < -0.39 is 0 Å². The molecule has 0 saturated heterocycles. The first-order chi connectivity index (χ1) is 18.7. The number of hydrogen-bond donors (Lipinski definition) is 0. The van der Waals surface area contributed by atoms with Gasteiger partial charge < -0.3 is 4.90 Å². The summed E-state index contributed by atoms with van der Waals surface area (Å²) in [6.07, 6.45) is 0. The first-order valence-electron chi connectivity index (χ1n) is 12.7. The van der Waals surface area contributed by atoms with Crippen LogP contribution in [0.4, 0.5) is 17.1 Å². The van der Waals surface area contributed by atoms with Crippen LogP contribution in [-0.4, -0.2) is 0 Å². The molecule has 0 aliphatic heterocycles. The Labute approximate surface area is 232 Å². The highest BCUT2D eigenvalue weighted by Crippen LogP contribution is 2.39. The van der Waals surface area contributed by atoms with Gasteiger partial charge in [-0.15, -0.1) is 0 Å². The molecule has 38 heavy (non-hydrogen) atoms. The van der Waals surface area contributed by atoms with Crippen molar-refractivity contribution in [2.45, 2.75) is 0 Å². The molecule has 6 rings (SSSR count). The minimum atomic E-state index is 1.04. The van der Waals surface area contributed by atoms with E-state index in [2.05, 4.69) is 179 Å². The van der Waals surface area contributed by atoms with Crippen molar-refractivity contribution in [3.05, 3.63) is 162 Å². The van der Waals surface area contributed by atoms with Gasteiger partial charge in [-0.3, -0.25) is 0 Å². The monoisotopic (exact) mass is 551 g/mol. The largest absolute Gasteiger partial charge is 0.310 e. The molecule has 2 heteroatoms. The fourth-order valence-corrected chi connectivity index (χ4v) is 5.30. The van der Waals surface area contributed by atoms with Gasteiger partial charge in [-0.05, 0) is 75.8 Å². The van der Waals surface area contributed by atoms with Gasteiger partial charge in [0.05, 0.1) is 0 Å². The lowest BCUT2D eigenvalue weighted by Gasteiger charge is -2.27. The van der Waals surface area contributed by atoms with Crippen LogP contribution in [0, 0.1) is 0 Å². The minimum absolute atomic E-state index is 1.04. The molecule has 1 nitrogen and oxygen atoms in total. The van der Waals surface area contributed by atoms with E-state index in [0.717, 1.165) is 21.5 Å². The number of anilines is 3. The highest BCUT2D eigenvalue weighted by molar-refractivity contribution is 9.10. The summed E-state index contributed by atoms with van der Waals surface area (Å²) in [5.41, 5.74) is 10.5. The first kappa shape index (κ1) is 24.0. The molecule has 182 valence electrons. The van der Waals surface area contributed by atoms with Gasteiger partial charge in [0.25, 0.3) is 0 Å². The number of rotatable bonds is 6. The molecule has 6 aromatic carbocycles. The van der Waals surface area contributed by atoms with E-state index in [1.807, 2.05) is 0 Å². The predicted molar refractivity (Wildman–Crippen MR) is 165 cm³/mol. The molecule has 0 saturated carbocycles. The molecule has 0 N–H and O–H groups in total. The van der Waals surface area contributed by atoms with E-state index in [1.165, 1.54) is 33.4 Å². The van der Waals surface area contributed by atoms with Crippen LogP contribution in [0.25, 0.3) is 33.4 Å². The van der Waals surface area contributed by atoms with Gasteiger partial charge in [0.2, 0.25) is 0 Å². The Bertz CT molecular complexity index is 1540. The lowest BCUT2D eigenvalue weighted by molar-refractivity contribution is 1.28. The molecule has 0 unspecified atom stereocenters. The summed E-state index contributed by atoms with van der Waals surface area (Å²) >= 11 is 3.78. The maximum absolute atomic E-state index is 3.78. The molecule has 0 aliphatic rings. The number of halogens is 1. The Morgan fingerprint density at radius 2 is 0.684 bits per heavy atom. The first-order valence-corrected chi connectivity index (χ1v) is 13.5. The maximum Gasteiger partial charge on any atom is 0.0479 e. The SMILES string of the molecule is Brc1cc(-c2ccccc2)cc(N(c2ccc(-c3ccccc3)cc2)c2ccc(-c3ccccc3)cc2)c1. The summed E-state index contributed by atoms with van der Waals surface area (Å²) in [7, 11) is 0. The Kier molecular flexibility index (Phi) is 6.89. The number of benzene rings is 6. The van der Waals surface area contributed by atoms with E-state index in [9.17, 15) is 0 Å². The van der Waals surface area contributed by atoms with Crippen LogP contribution >= 0.6 is 15.9 Å². The van der Waals surface area contributed by atoms with Crippen LogP contribution in [0.2, 0.25) is 0 Å². The smallest absolute Gasteiger partial charge is 0.0479 e. The summed E-state index contributed by atoms with van der Waals surface area (Å²) in [4.78, 5) is 2.32. The van der Waals surface area contributed by atoms with Gasteiger partial charge in [0.1, 0.15) is 0 Å². The van der Waals surface area contributed by atoms with Crippen molar-refractivity contribution in [3.63, 3.8) is 0 Å². The Morgan fingerprint density at radius 3 is 1.11 bits per heavy atom. The maximum atomic E-state index is 3.78. The van der Waals surface area contributed by atoms with E-state index in [1.54, 1.807) is 0 Å². The van der Waals surface area contributed by atoms with Crippen molar-refractivity contribution in [1.29, 1.82) is 0 Å². The summed E-state index contributed by atoms with van der Waals surface area (Å²) in [6, 6.07) is 55.8. The van der Waals surface area contributed by atoms with Crippen LogP contribution in [0.15, 0.2) is 162 Å². The van der Waals surface area contributed by atoms with Crippen molar-refractivity contribution >= 4 is 33.0 Å². The second kappa shape index (κ2) is 10.9. The van der Waals surface area contributed by atoms with Crippen molar-refractivity contribution in [3.8, 4) is 33.4 Å². The average Bonchev–Trinajstić information content (AvgIpc) is 2.99. The third-order valence-electron chi connectivity index (χ3n) is 6.71.